The lowest BCUT2D eigenvalue weighted by molar-refractivity contribution is -0.121. The van der Waals surface area contributed by atoms with Gasteiger partial charge in [0.1, 0.15) is 5.75 Å². The molecule has 1 aromatic carbocycles. The van der Waals surface area contributed by atoms with Crippen molar-refractivity contribution < 1.29 is 9.90 Å². The van der Waals surface area contributed by atoms with Crippen molar-refractivity contribution in [2.75, 3.05) is 13.1 Å². The second-order valence-electron chi connectivity index (χ2n) is 7.16. The highest BCUT2D eigenvalue weighted by atomic mass is 35.5. The summed E-state index contributed by atoms with van der Waals surface area (Å²) in [5, 5.41) is 12.9. The molecule has 3 rings (SSSR count). The molecule has 5 heteroatoms. The number of aromatic hydroxyl groups is 1. The summed E-state index contributed by atoms with van der Waals surface area (Å²) in [6.07, 6.45) is 9.22. The molecular weight excluding hydrogens is 324 g/mol. The molecule has 0 radical (unpaired) electrons. The molecule has 2 aliphatic rings. The Balaban J connectivity index is 1.50. The predicted molar refractivity (Wildman–Crippen MR) is 96.4 cm³/mol. The topological polar surface area (TPSA) is 52.6 Å². The molecule has 0 spiro atoms. The van der Waals surface area contributed by atoms with E-state index in [0.717, 1.165) is 24.9 Å². The van der Waals surface area contributed by atoms with E-state index in [9.17, 15) is 9.90 Å². The van der Waals surface area contributed by atoms with Crippen LogP contribution in [0.3, 0.4) is 0 Å². The van der Waals surface area contributed by atoms with E-state index in [-0.39, 0.29) is 17.7 Å². The number of piperidine rings is 1. The highest BCUT2D eigenvalue weighted by Crippen LogP contribution is 2.26. The number of benzene rings is 1. The van der Waals surface area contributed by atoms with E-state index in [1.165, 1.54) is 44.7 Å². The van der Waals surface area contributed by atoms with Crippen LogP contribution < -0.4 is 5.32 Å². The zero-order valence-corrected chi connectivity index (χ0v) is 14.9. The van der Waals surface area contributed by atoms with Crippen molar-refractivity contribution in [1.29, 1.82) is 0 Å². The smallest absolute Gasteiger partial charge is 0.224 e. The molecule has 1 amide bonds. The Hall–Kier alpha value is -1.26. The third-order valence-electron chi connectivity index (χ3n) is 5.29. The van der Waals surface area contributed by atoms with Crippen molar-refractivity contribution in [3.63, 3.8) is 0 Å². The number of nitrogens with one attached hydrogen (secondary N) is 1. The molecule has 1 unspecified atom stereocenters. The minimum atomic E-state index is 0.0345. The number of phenolic OH excluding ortho intramolecular Hbond substituents is 1. The number of nitrogens with zero attached hydrogens (tertiary/aromatic N) is 1. The molecule has 1 saturated heterocycles. The number of likely N-dealkylation sites (tertiary alicyclic amines) is 1. The maximum atomic E-state index is 12.3. The van der Waals surface area contributed by atoms with Crippen molar-refractivity contribution in [3.8, 4) is 5.75 Å². The average Bonchev–Trinajstić information content (AvgIpc) is 2.59. The van der Waals surface area contributed by atoms with Crippen LogP contribution in [0.15, 0.2) is 18.2 Å². The summed E-state index contributed by atoms with van der Waals surface area (Å²) >= 11 is 5.91. The van der Waals surface area contributed by atoms with Gasteiger partial charge in [-0.15, -0.1) is 0 Å². The number of amides is 1. The SMILES string of the molecule is O=C(Cc1ccc(O)c(Cl)c1)NC1CCCN(C2CCCCC2)C1. The van der Waals surface area contributed by atoms with E-state index in [1.54, 1.807) is 12.1 Å². The van der Waals surface area contributed by atoms with Crippen LogP contribution in [-0.4, -0.2) is 41.1 Å². The zero-order valence-electron chi connectivity index (χ0n) is 14.1. The normalized spacial score (nSPS) is 23.1. The van der Waals surface area contributed by atoms with Gasteiger partial charge in [-0.05, 0) is 49.9 Å². The highest BCUT2D eigenvalue weighted by molar-refractivity contribution is 6.32. The van der Waals surface area contributed by atoms with Crippen molar-refractivity contribution in [1.82, 2.24) is 10.2 Å². The summed E-state index contributed by atoms with van der Waals surface area (Å²) in [5.41, 5.74) is 0.829. The first-order chi connectivity index (χ1) is 11.6. The fourth-order valence-corrected chi connectivity index (χ4v) is 4.23. The number of halogens is 1. The minimum Gasteiger partial charge on any atom is -0.506 e. The molecule has 1 aliphatic carbocycles. The molecule has 0 aromatic heterocycles. The predicted octanol–water partition coefficient (Wildman–Crippen LogP) is 3.50. The van der Waals surface area contributed by atoms with Gasteiger partial charge < -0.3 is 10.4 Å². The highest BCUT2D eigenvalue weighted by Gasteiger charge is 2.27. The average molecular weight is 351 g/mol. The lowest BCUT2D eigenvalue weighted by Gasteiger charge is -2.40. The number of carbonyl (C=O) groups is 1. The standard InChI is InChI=1S/C19H27ClN2O2/c20-17-11-14(8-9-18(17)23)12-19(24)21-15-5-4-10-22(13-15)16-6-2-1-3-7-16/h8-9,11,15-16,23H,1-7,10,12-13H2,(H,21,24). The Morgan fingerprint density at radius 2 is 2.00 bits per heavy atom. The molecule has 132 valence electrons. The van der Waals surface area contributed by atoms with Gasteiger partial charge >= 0.3 is 0 Å². The van der Waals surface area contributed by atoms with Gasteiger partial charge in [-0.25, -0.2) is 0 Å². The summed E-state index contributed by atoms with van der Waals surface area (Å²) in [6, 6.07) is 5.91. The number of rotatable bonds is 4. The molecule has 4 nitrogen and oxygen atoms in total. The largest absolute Gasteiger partial charge is 0.506 e. The lowest BCUT2D eigenvalue weighted by Crippen LogP contribution is -2.51. The molecule has 1 heterocycles. The van der Waals surface area contributed by atoms with Crippen LogP contribution in [0.4, 0.5) is 0 Å². The number of hydrogen-bond acceptors (Lipinski definition) is 3. The van der Waals surface area contributed by atoms with Crippen LogP contribution in [0, 0.1) is 0 Å². The number of phenols is 1. The van der Waals surface area contributed by atoms with Crippen LogP contribution in [0.2, 0.25) is 5.02 Å². The summed E-state index contributed by atoms with van der Waals surface area (Å²) in [5.74, 6) is 0.0866. The first-order valence-electron chi connectivity index (χ1n) is 9.12. The van der Waals surface area contributed by atoms with Crippen molar-refractivity contribution >= 4 is 17.5 Å². The minimum absolute atomic E-state index is 0.0345. The Morgan fingerprint density at radius 1 is 1.21 bits per heavy atom. The van der Waals surface area contributed by atoms with Crippen LogP contribution >= 0.6 is 11.6 Å². The van der Waals surface area contributed by atoms with Crippen LogP contribution in [0.5, 0.6) is 5.75 Å². The van der Waals surface area contributed by atoms with E-state index < -0.39 is 0 Å². The Morgan fingerprint density at radius 3 is 2.75 bits per heavy atom. The maximum Gasteiger partial charge on any atom is 0.224 e. The Kier molecular flexibility index (Phi) is 6.01. The van der Waals surface area contributed by atoms with E-state index in [2.05, 4.69) is 10.2 Å². The third kappa shape index (κ3) is 4.64. The van der Waals surface area contributed by atoms with Crippen LogP contribution in [0.25, 0.3) is 0 Å². The van der Waals surface area contributed by atoms with Gasteiger partial charge in [0.15, 0.2) is 0 Å². The second kappa shape index (κ2) is 8.21. The Bertz CT molecular complexity index is 572. The van der Waals surface area contributed by atoms with Gasteiger partial charge in [-0.3, -0.25) is 9.69 Å². The molecule has 0 bridgehead atoms. The van der Waals surface area contributed by atoms with Crippen LogP contribution in [-0.2, 0) is 11.2 Å². The molecule has 2 fully saturated rings. The maximum absolute atomic E-state index is 12.3. The van der Waals surface area contributed by atoms with Crippen molar-refractivity contribution in [2.24, 2.45) is 0 Å². The van der Waals surface area contributed by atoms with Crippen LogP contribution in [0.1, 0.15) is 50.5 Å². The number of carbonyl (C=O) groups excluding carboxylic acids is 1. The molecule has 1 aliphatic heterocycles. The molecule has 2 N–H and O–H groups in total. The first-order valence-corrected chi connectivity index (χ1v) is 9.50. The van der Waals surface area contributed by atoms with Gasteiger partial charge in [0.05, 0.1) is 11.4 Å². The molecule has 24 heavy (non-hydrogen) atoms. The quantitative estimate of drug-likeness (QED) is 0.873. The molecule has 1 saturated carbocycles. The summed E-state index contributed by atoms with van der Waals surface area (Å²) < 4.78 is 0. The fourth-order valence-electron chi connectivity index (χ4n) is 4.03. The lowest BCUT2D eigenvalue weighted by atomic mass is 9.92. The zero-order chi connectivity index (χ0) is 16.9. The van der Waals surface area contributed by atoms with Gasteiger partial charge in [-0.2, -0.15) is 0 Å². The second-order valence-corrected chi connectivity index (χ2v) is 7.56. The summed E-state index contributed by atoms with van der Waals surface area (Å²) in [6.45, 7) is 2.15. The van der Waals surface area contributed by atoms with Gasteiger partial charge in [0.25, 0.3) is 0 Å². The van der Waals surface area contributed by atoms with E-state index in [4.69, 9.17) is 11.6 Å². The molecule has 1 aromatic rings. The molecular formula is C19H27ClN2O2. The van der Waals surface area contributed by atoms with Gasteiger partial charge in [0, 0.05) is 18.6 Å². The summed E-state index contributed by atoms with van der Waals surface area (Å²) in [4.78, 5) is 14.9. The van der Waals surface area contributed by atoms with E-state index in [0.29, 0.717) is 17.5 Å². The van der Waals surface area contributed by atoms with Crippen molar-refractivity contribution in [3.05, 3.63) is 28.8 Å². The first kappa shape index (κ1) is 17.6. The Labute approximate surface area is 149 Å². The third-order valence-corrected chi connectivity index (χ3v) is 5.59. The monoisotopic (exact) mass is 350 g/mol. The summed E-state index contributed by atoms with van der Waals surface area (Å²) in [7, 11) is 0. The molecule has 1 atom stereocenters. The van der Waals surface area contributed by atoms with E-state index in [1.807, 2.05) is 0 Å². The fraction of sp³-hybridized carbons (Fsp3) is 0.632. The van der Waals surface area contributed by atoms with Gasteiger partial charge in [0.2, 0.25) is 5.91 Å². The van der Waals surface area contributed by atoms with E-state index >= 15 is 0 Å². The van der Waals surface area contributed by atoms with Crippen molar-refractivity contribution in [2.45, 2.75) is 63.5 Å². The number of hydrogen-bond donors (Lipinski definition) is 2. The van der Waals surface area contributed by atoms with Gasteiger partial charge in [-0.1, -0.05) is 36.9 Å².